The van der Waals surface area contributed by atoms with Gasteiger partial charge in [-0.1, -0.05) is 26.0 Å². The SMILES string of the molecule is CC(=O)Nc1cccc(NS(=O)(=O)c2cccc(C(=O)NCC(C)C)c2)c1. The summed E-state index contributed by atoms with van der Waals surface area (Å²) in [6.45, 7) is 5.82. The average molecular weight is 389 g/mol. The summed E-state index contributed by atoms with van der Waals surface area (Å²) in [6, 6.07) is 12.2. The summed E-state index contributed by atoms with van der Waals surface area (Å²) >= 11 is 0. The van der Waals surface area contributed by atoms with Crippen molar-refractivity contribution in [3.05, 3.63) is 54.1 Å². The molecule has 0 bridgehead atoms. The predicted molar refractivity (Wildman–Crippen MR) is 105 cm³/mol. The van der Waals surface area contributed by atoms with Crippen molar-refractivity contribution in [1.29, 1.82) is 0 Å². The Morgan fingerprint density at radius 1 is 1.00 bits per heavy atom. The van der Waals surface area contributed by atoms with Crippen LogP contribution in [-0.2, 0) is 14.8 Å². The van der Waals surface area contributed by atoms with E-state index in [1.54, 1.807) is 24.3 Å². The standard InChI is InChI=1S/C19H23N3O4S/c1-13(2)12-20-19(24)15-6-4-9-18(10-15)27(25,26)22-17-8-5-7-16(11-17)21-14(3)23/h4-11,13,22H,12H2,1-3H3,(H,20,24)(H,21,23). The first kappa shape index (κ1) is 20.4. The molecule has 0 saturated carbocycles. The second-order valence-corrected chi connectivity index (χ2v) is 8.18. The molecule has 2 amide bonds. The van der Waals surface area contributed by atoms with E-state index in [4.69, 9.17) is 0 Å². The molecule has 2 aromatic rings. The van der Waals surface area contributed by atoms with Gasteiger partial charge in [0.25, 0.3) is 15.9 Å². The molecule has 2 rings (SSSR count). The Bertz CT molecular complexity index is 939. The molecule has 144 valence electrons. The van der Waals surface area contributed by atoms with Crippen molar-refractivity contribution in [3.63, 3.8) is 0 Å². The molecule has 0 radical (unpaired) electrons. The predicted octanol–water partition coefficient (Wildman–Crippen LogP) is 2.83. The van der Waals surface area contributed by atoms with Crippen molar-refractivity contribution >= 4 is 33.2 Å². The first-order valence-electron chi connectivity index (χ1n) is 8.46. The summed E-state index contributed by atoms with van der Waals surface area (Å²) in [5, 5.41) is 5.35. The zero-order chi connectivity index (χ0) is 20.0. The van der Waals surface area contributed by atoms with Crippen LogP contribution >= 0.6 is 0 Å². The highest BCUT2D eigenvalue weighted by Gasteiger charge is 2.17. The Morgan fingerprint density at radius 3 is 2.33 bits per heavy atom. The number of nitrogens with one attached hydrogen (secondary N) is 3. The molecule has 0 fully saturated rings. The highest BCUT2D eigenvalue weighted by Crippen LogP contribution is 2.20. The van der Waals surface area contributed by atoms with Crippen LogP contribution in [0.4, 0.5) is 11.4 Å². The smallest absolute Gasteiger partial charge is 0.261 e. The monoisotopic (exact) mass is 389 g/mol. The topological polar surface area (TPSA) is 104 Å². The van der Waals surface area contributed by atoms with Crippen molar-refractivity contribution < 1.29 is 18.0 Å². The van der Waals surface area contributed by atoms with Crippen molar-refractivity contribution in [1.82, 2.24) is 5.32 Å². The molecule has 0 aliphatic carbocycles. The van der Waals surface area contributed by atoms with Crippen LogP contribution in [0.5, 0.6) is 0 Å². The van der Waals surface area contributed by atoms with Gasteiger partial charge in [0.1, 0.15) is 0 Å². The molecule has 0 aliphatic rings. The molecule has 0 atom stereocenters. The minimum Gasteiger partial charge on any atom is -0.352 e. The third kappa shape index (κ3) is 6.10. The molecular weight excluding hydrogens is 366 g/mol. The largest absolute Gasteiger partial charge is 0.352 e. The molecule has 0 saturated heterocycles. The van der Waals surface area contributed by atoms with E-state index in [2.05, 4.69) is 15.4 Å². The van der Waals surface area contributed by atoms with Gasteiger partial charge < -0.3 is 10.6 Å². The number of anilines is 2. The van der Waals surface area contributed by atoms with Crippen LogP contribution in [0.2, 0.25) is 0 Å². The maximum atomic E-state index is 12.6. The van der Waals surface area contributed by atoms with E-state index in [1.807, 2.05) is 13.8 Å². The summed E-state index contributed by atoms with van der Waals surface area (Å²) in [6.07, 6.45) is 0. The minimum absolute atomic E-state index is 0.0235. The molecular formula is C19H23N3O4S. The maximum absolute atomic E-state index is 12.6. The lowest BCUT2D eigenvalue weighted by atomic mass is 10.2. The van der Waals surface area contributed by atoms with E-state index in [0.717, 1.165) is 0 Å². The summed E-state index contributed by atoms with van der Waals surface area (Å²) in [5.74, 6) is -0.290. The number of carbonyl (C=O) groups is 2. The zero-order valence-electron chi connectivity index (χ0n) is 15.4. The van der Waals surface area contributed by atoms with Crippen LogP contribution in [0.3, 0.4) is 0 Å². The summed E-state index contributed by atoms with van der Waals surface area (Å²) in [5.41, 5.74) is 1.05. The van der Waals surface area contributed by atoms with Gasteiger partial charge in [-0.3, -0.25) is 14.3 Å². The summed E-state index contributed by atoms with van der Waals surface area (Å²) in [7, 11) is -3.89. The summed E-state index contributed by atoms with van der Waals surface area (Å²) in [4.78, 5) is 23.3. The fourth-order valence-corrected chi connectivity index (χ4v) is 3.38. The van der Waals surface area contributed by atoms with Crippen LogP contribution in [-0.4, -0.2) is 26.8 Å². The van der Waals surface area contributed by atoms with Crippen molar-refractivity contribution in [2.75, 3.05) is 16.6 Å². The van der Waals surface area contributed by atoms with E-state index in [9.17, 15) is 18.0 Å². The van der Waals surface area contributed by atoms with Gasteiger partial charge in [-0.25, -0.2) is 8.42 Å². The first-order valence-corrected chi connectivity index (χ1v) is 9.94. The first-order chi connectivity index (χ1) is 12.7. The van der Waals surface area contributed by atoms with Crippen molar-refractivity contribution in [2.45, 2.75) is 25.7 Å². The number of amides is 2. The second-order valence-electron chi connectivity index (χ2n) is 6.50. The highest BCUT2D eigenvalue weighted by molar-refractivity contribution is 7.92. The van der Waals surface area contributed by atoms with Crippen LogP contribution in [0, 0.1) is 5.92 Å². The fraction of sp³-hybridized carbons (Fsp3) is 0.263. The normalized spacial score (nSPS) is 11.1. The molecule has 0 heterocycles. The summed E-state index contributed by atoms with van der Waals surface area (Å²) < 4.78 is 27.7. The fourth-order valence-electron chi connectivity index (χ4n) is 2.28. The van der Waals surface area contributed by atoms with Crippen molar-refractivity contribution in [3.8, 4) is 0 Å². The molecule has 8 heteroatoms. The van der Waals surface area contributed by atoms with Crippen LogP contribution in [0.25, 0.3) is 0 Å². The molecule has 0 aliphatic heterocycles. The molecule has 0 aromatic heterocycles. The number of hydrogen-bond acceptors (Lipinski definition) is 4. The molecule has 0 spiro atoms. The third-order valence-electron chi connectivity index (χ3n) is 3.51. The van der Waals surface area contributed by atoms with E-state index >= 15 is 0 Å². The van der Waals surface area contributed by atoms with Gasteiger partial charge >= 0.3 is 0 Å². The lowest BCUT2D eigenvalue weighted by Gasteiger charge is -2.11. The number of sulfonamides is 1. The molecule has 27 heavy (non-hydrogen) atoms. The van der Waals surface area contributed by atoms with Gasteiger partial charge in [-0.05, 0) is 42.3 Å². The third-order valence-corrected chi connectivity index (χ3v) is 4.89. The quantitative estimate of drug-likeness (QED) is 0.677. The van der Waals surface area contributed by atoms with Gasteiger partial charge in [0, 0.05) is 24.7 Å². The van der Waals surface area contributed by atoms with Crippen LogP contribution < -0.4 is 15.4 Å². The number of carbonyl (C=O) groups excluding carboxylic acids is 2. The van der Waals surface area contributed by atoms with Crippen LogP contribution in [0.15, 0.2) is 53.4 Å². The van der Waals surface area contributed by atoms with Gasteiger partial charge in [-0.2, -0.15) is 0 Å². The molecule has 2 aromatic carbocycles. The number of rotatable bonds is 7. The minimum atomic E-state index is -3.89. The van der Waals surface area contributed by atoms with Gasteiger partial charge in [0.15, 0.2) is 0 Å². The van der Waals surface area contributed by atoms with E-state index in [0.29, 0.717) is 23.8 Å². The second kappa shape index (κ2) is 8.68. The zero-order valence-corrected chi connectivity index (χ0v) is 16.3. The average Bonchev–Trinajstić information content (AvgIpc) is 2.59. The van der Waals surface area contributed by atoms with Gasteiger partial charge in [0.05, 0.1) is 10.6 Å². The Kier molecular flexibility index (Phi) is 6.57. The molecule has 3 N–H and O–H groups in total. The maximum Gasteiger partial charge on any atom is 0.261 e. The number of hydrogen-bond donors (Lipinski definition) is 3. The lowest BCUT2D eigenvalue weighted by molar-refractivity contribution is -0.114. The Balaban J connectivity index is 2.20. The molecule has 0 unspecified atom stereocenters. The van der Waals surface area contributed by atoms with Crippen LogP contribution in [0.1, 0.15) is 31.1 Å². The Hall–Kier alpha value is -2.87. The Morgan fingerprint density at radius 2 is 1.67 bits per heavy atom. The van der Waals surface area contributed by atoms with E-state index in [-0.39, 0.29) is 22.3 Å². The number of benzene rings is 2. The van der Waals surface area contributed by atoms with Gasteiger partial charge in [-0.15, -0.1) is 0 Å². The van der Waals surface area contributed by atoms with E-state index in [1.165, 1.54) is 31.2 Å². The Labute approximate surface area is 159 Å². The molecule has 7 nitrogen and oxygen atoms in total. The van der Waals surface area contributed by atoms with Gasteiger partial charge in [0.2, 0.25) is 5.91 Å². The lowest BCUT2D eigenvalue weighted by Crippen LogP contribution is -2.27. The highest BCUT2D eigenvalue weighted by atomic mass is 32.2. The van der Waals surface area contributed by atoms with Crippen molar-refractivity contribution in [2.24, 2.45) is 5.92 Å². The van der Waals surface area contributed by atoms with E-state index < -0.39 is 10.0 Å².